The van der Waals surface area contributed by atoms with Crippen LogP contribution in [0.1, 0.15) is 13.3 Å². The van der Waals surface area contributed by atoms with E-state index in [1.54, 1.807) is 0 Å². The van der Waals surface area contributed by atoms with Crippen LogP contribution >= 0.6 is 15.9 Å². The lowest BCUT2D eigenvalue weighted by molar-refractivity contribution is -0.136. The van der Waals surface area contributed by atoms with E-state index >= 15 is 0 Å². The highest BCUT2D eigenvalue weighted by atomic mass is 79.9. The molecule has 0 spiro atoms. The van der Waals surface area contributed by atoms with E-state index < -0.39 is 24.5 Å². The van der Waals surface area contributed by atoms with Crippen LogP contribution in [-0.2, 0) is 0 Å². The molecule has 1 unspecified atom stereocenters. The van der Waals surface area contributed by atoms with Crippen LogP contribution in [0.2, 0.25) is 0 Å². The van der Waals surface area contributed by atoms with Crippen LogP contribution in [-0.4, -0.2) is 12.2 Å². The average molecular weight is 315 g/mol. The van der Waals surface area contributed by atoms with E-state index in [0.717, 1.165) is 6.07 Å². The molecule has 1 rings (SSSR count). The van der Waals surface area contributed by atoms with E-state index in [2.05, 4.69) is 21.2 Å². The molecule has 0 aliphatic heterocycles. The first-order valence-corrected chi connectivity index (χ1v) is 5.56. The van der Waals surface area contributed by atoms with Gasteiger partial charge in [-0.05, 0) is 28.9 Å². The summed E-state index contributed by atoms with van der Waals surface area (Å²) < 4.78 is 49.7. The average Bonchev–Trinajstić information content (AvgIpc) is 2.11. The summed E-state index contributed by atoms with van der Waals surface area (Å²) in [7, 11) is 0. The summed E-state index contributed by atoms with van der Waals surface area (Å²) in [6.45, 7) is 1.35. The van der Waals surface area contributed by atoms with Gasteiger partial charge >= 0.3 is 6.18 Å². The molecule has 2 nitrogen and oxygen atoms in total. The van der Waals surface area contributed by atoms with Crippen molar-refractivity contribution in [2.75, 3.05) is 11.1 Å². The summed E-state index contributed by atoms with van der Waals surface area (Å²) in [5.41, 5.74) is 5.90. The van der Waals surface area contributed by atoms with Gasteiger partial charge in [-0.2, -0.15) is 13.2 Å². The summed E-state index contributed by atoms with van der Waals surface area (Å²) in [4.78, 5) is 0. The van der Waals surface area contributed by atoms with Crippen LogP contribution < -0.4 is 11.1 Å². The van der Waals surface area contributed by atoms with Crippen molar-refractivity contribution in [1.82, 2.24) is 0 Å². The normalized spacial score (nSPS) is 13.5. The van der Waals surface area contributed by atoms with E-state index in [4.69, 9.17) is 5.73 Å². The molecule has 1 aromatic carbocycles. The molecule has 96 valence electrons. The number of nitrogen functional groups attached to an aromatic ring is 1. The Hall–Kier alpha value is -0.980. The van der Waals surface area contributed by atoms with Crippen LogP contribution in [0.25, 0.3) is 0 Å². The number of anilines is 2. The fourth-order valence-electron chi connectivity index (χ4n) is 1.35. The van der Waals surface area contributed by atoms with Gasteiger partial charge in [-0.3, -0.25) is 0 Å². The van der Waals surface area contributed by atoms with Crippen molar-refractivity contribution >= 4 is 27.3 Å². The van der Waals surface area contributed by atoms with Gasteiger partial charge in [0.1, 0.15) is 5.82 Å². The fraction of sp³-hybridized carbons (Fsp3) is 0.400. The molecule has 0 aliphatic rings. The van der Waals surface area contributed by atoms with Crippen molar-refractivity contribution in [2.24, 2.45) is 0 Å². The Balaban J connectivity index is 2.78. The Morgan fingerprint density at radius 2 is 2.00 bits per heavy atom. The van der Waals surface area contributed by atoms with Gasteiger partial charge < -0.3 is 11.1 Å². The molecule has 17 heavy (non-hydrogen) atoms. The summed E-state index contributed by atoms with van der Waals surface area (Å²) in [5.74, 6) is -0.582. The minimum absolute atomic E-state index is 0.155. The number of rotatable bonds is 3. The predicted octanol–water partition coefficient (Wildman–Crippen LogP) is 3.92. The Morgan fingerprint density at radius 3 is 2.53 bits per heavy atom. The zero-order chi connectivity index (χ0) is 13.2. The molecule has 0 radical (unpaired) electrons. The van der Waals surface area contributed by atoms with E-state index in [9.17, 15) is 17.6 Å². The Bertz CT molecular complexity index is 406. The Kier molecular flexibility index (Phi) is 4.24. The van der Waals surface area contributed by atoms with Gasteiger partial charge in [0.2, 0.25) is 0 Å². The van der Waals surface area contributed by atoms with Gasteiger partial charge in [0.25, 0.3) is 0 Å². The predicted molar refractivity (Wildman–Crippen MR) is 62.3 cm³/mol. The van der Waals surface area contributed by atoms with E-state index in [0.29, 0.717) is 0 Å². The van der Waals surface area contributed by atoms with Crippen molar-refractivity contribution in [3.8, 4) is 0 Å². The maximum Gasteiger partial charge on any atom is 0.391 e. The molecular formula is C10H11BrF4N2. The number of hydrogen-bond donors (Lipinski definition) is 2. The van der Waals surface area contributed by atoms with Gasteiger partial charge in [-0.1, -0.05) is 0 Å². The third kappa shape index (κ3) is 4.41. The van der Waals surface area contributed by atoms with Gasteiger partial charge in [0, 0.05) is 12.1 Å². The van der Waals surface area contributed by atoms with Gasteiger partial charge in [-0.25, -0.2) is 4.39 Å². The molecule has 0 amide bonds. The number of alkyl halides is 3. The number of halogens is 5. The minimum Gasteiger partial charge on any atom is -0.397 e. The lowest BCUT2D eigenvalue weighted by Gasteiger charge is -2.18. The molecule has 7 heteroatoms. The summed E-state index contributed by atoms with van der Waals surface area (Å²) in [6.07, 6.45) is -5.28. The molecule has 3 N–H and O–H groups in total. The monoisotopic (exact) mass is 314 g/mol. The molecule has 0 bridgehead atoms. The van der Waals surface area contributed by atoms with Gasteiger partial charge in [0.15, 0.2) is 0 Å². The summed E-state index contributed by atoms with van der Waals surface area (Å²) >= 11 is 2.93. The smallest absolute Gasteiger partial charge is 0.391 e. The standard InChI is InChI=1S/C10H11BrF4N2/c1-5(4-10(13,14)15)17-9-3-7(12)6(11)2-8(9)16/h2-3,5,17H,4,16H2,1H3. The Labute approximate surface area is 104 Å². The number of nitrogens with two attached hydrogens (primary N) is 1. The number of hydrogen-bond acceptors (Lipinski definition) is 2. The molecule has 0 saturated carbocycles. The first-order valence-electron chi connectivity index (χ1n) is 4.77. The van der Waals surface area contributed by atoms with Crippen molar-refractivity contribution in [2.45, 2.75) is 25.6 Å². The zero-order valence-electron chi connectivity index (χ0n) is 8.91. The molecule has 1 atom stereocenters. The number of benzene rings is 1. The second-order valence-corrected chi connectivity index (χ2v) is 4.57. The molecule has 0 aromatic heterocycles. The quantitative estimate of drug-likeness (QED) is 0.655. The van der Waals surface area contributed by atoms with Crippen LogP contribution in [0.4, 0.5) is 28.9 Å². The maximum absolute atomic E-state index is 13.2. The molecule has 1 aromatic rings. The van der Waals surface area contributed by atoms with Gasteiger partial charge in [0.05, 0.1) is 22.3 Å². The molecule has 0 saturated heterocycles. The largest absolute Gasteiger partial charge is 0.397 e. The first-order chi connectivity index (χ1) is 7.69. The summed E-state index contributed by atoms with van der Waals surface area (Å²) in [5, 5.41) is 2.53. The van der Waals surface area contributed by atoms with Gasteiger partial charge in [-0.15, -0.1) is 0 Å². The highest BCUT2D eigenvalue weighted by molar-refractivity contribution is 9.10. The lowest BCUT2D eigenvalue weighted by atomic mass is 10.2. The molecule has 0 fully saturated rings. The van der Waals surface area contributed by atoms with Crippen LogP contribution in [0.5, 0.6) is 0 Å². The lowest BCUT2D eigenvalue weighted by Crippen LogP contribution is -2.24. The summed E-state index contributed by atoms with van der Waals surface area (Å²) in [6, 6.07) is 1.49. The maximum atomic E-state index is 13.2. The SMILES string of the molecule is CC(CC(F)(F)F)Nc1cc(F)c(Br)cc1N. The second-order valence-electron chi connectivity index (χ2n) is 3.72. The van der Waals surface area contributed by atoms with Crippen LogP contribution in [0, 0.1) is 5.82 Å². The van der Waals surface area contributed by atoms with Crippen molar-refractivity contribution in [3.05, 3.63) is 22.4 Å². The van der Waals surface area contributed by atoms with Crippen LogP contribution in [0.15, 0.2) is 16.6 Å². The molecule has 0 heterocycles. The second kappa shape index (κ2) is 5.12. The first kappa shape index (κ1) is 14.1. The third-order valence-corrected chi connectivity index (χ3v) is 2.64. The van der Waals surface area contributed by atoms with Crippen molar-refractivity contribution < 1.29 is 17.6 Å². The van der Waals surface area contributed by atoms with Crippen molar-refractivity contribution in [3.63, 3.8) is 0 Å². The highest BCUT2D eigenvalue weighted by Gasteiger charge is 2.30. The number of nitrogens with one attached hydrogen (secondary N) is 1. The van der Waals surface area contributed by atoms with Crippen molar-refractivity contribution in [1.29, 1.82) is 0 Å². The minimum atomic E-state index is -4.27. The van der Waals surface area contributed by atoms with E-state index in [1.807, 2.05) is 0 Å². The van der Waals surface area contributed by atoms with E-state index in [-0.39, 0.29) is 15.8 Å². The van der Waals surface area contributed by atoms with Crippen LogP contribution in [0.3, 0.4) is 0 Å². The fourth-order valence-corrected chi connectivity index (χ4v) is 1.71. The zero-order valence-corrected chi connectivity index (χ0v) is 10.5. The highest BCUT2D eigenvalue weighted by Crippen LogP contribution is 2.29. The van der Waals surface area contributed by atoms with E-state index in [1.165, 1.54) is 13.0 Å². The molecular weight excluding hydrogens is 304 g/mol. The molecule has 0 aliphatic carbocycles. The third-order valence-electron chi connectivity index (χ3n) is 2.03. The Morgan fingerprint density at radius 1 is 1.41 bits per heavy atom. The topological polar surface area (TPSA) is 38.0 Å².